The standard InChI is InChI=1S/C10H12N2O/c1-7(2)12-9-5-6-11-8(9)3-4-10(12)13/h3-7,11H,1-2H3. The molecule has 0 radical (unpaired) electrons. The van der Waals surface area contributed by atoms with Crippen LogP contribution in [0.15, 0.2) is 29.2 Å². The van der Waals surface area contributed by atoms with Crippen molar-refractivity contribution in [3.05, 3.63) is 34.7 Å². The van der Waals surface area contributed by atoms with Crippen LogP contribution in [0.4, 0.5) is 0 Å². The number of aromatic amines is 1. The molecular formula is C10H12N2O. The highest BCUT2D eigenvalue weighted by molar-refractivity contribution is 5.75. The fourth-order valence-electron chi connectivity index (χ4n) is 1.60. The Labute approximate surface area is 76.0 Å². The number of nitrogens with zero attached hydrogens (tertiary/aromatic N) is 1. The second-order valence-corrected chi connectivity index (χ2v) is 3.41. The number of aromatic nitrogens is 2. The van der Waals surface area contributed by atoms with Crippen molar-refractivity contribution in [2.75, 3.05) is 0 Å². The Morgan fingerprint density at radius 2 is 2.08 bits per heavy atom. The maximum Gasteiger partial charge on any atom is 0.251 e. The zero-order valence-corrected chi connectivity index (χ0v) is 7.74. The molecule has 13 heavy (non-hydrogen) atoms. The number of nitrogens with one attached hydrogen (secondary N) is 1. The van der Waals surface area contributed by atoms with Gasteiger partial charge >= 0.3 is 0 Å². The molecule has 0 saturated carbocycles. The Balaban J connectivity index is 2.89. The van der Waals surface area contributed by atoms with Crippen LogP contribution in [0.25, 0.3) is 11.0 Å². The van der Waals surface area contributed by atoms with E-state index < -0.39 is 0 Å². The van der Waals surface area contributed by atoms with Gasteiger partial charge in [-0.2, -0.15) is 0 Å². The monoisotopic (exact) mass is 176 g/mol. The summed E-state index contributed by atoms with van der Waals surface area (Å²) in [6.07, 6.45) is 1.85. The first-order chi connectivity index (χ1) is 6.20. The van der Waals surface area contributed by atoms with E-state index in [4.69, 9.17) is 0 Å². The molecule has 2 aromatic heterocycles. The lowest BCUT2D eigenvalue weighted by Crippen LogP contribution is -2.20. The van der Waals surface area contributed by atoms with Gasteiger partial charge < -0.3 is 9.55 Å². The highest BCUT2D eigenvalue weighted by Gasteiger charge is 2.05. The second kappa shape index (κ2) is 2.76. The average molecular weight is 176 g/mol. The number of hydrogen-bond acceptors (Lipinski definition) is 1. The molecule has 0 bridgehead atoms. The highest BCUT2D eigenvalue weighted by atomic mass is 16.1. The fourth-order valence-corrected chi connectivity index (χ4v) is 1.60. The summed E-state index contributed by atoms with van der Waals surface area (Å²) in [5.74, 6) is 0. The lowest BCUT2D eigenvalue weighted by molar-refractivity contribution is 0.601. The van der Waals surface area contributed by atoms with Crippen molar-refractivity contribution >= 4 is 11.0 Å². The zero-order valence-electron chi connectivity index (χ0n) is 7.74. The van der Waals surface area contributed by atoms with Gasteiger partial charge in [0.05, 0.1) is 11.0 Å². The quantitative estimate of drug-likeness (QED) is 0.708. The van der Waals surface area contributed by atoms with Crippen LogP contribution >= 0.6 is 0 Å². The summed E-state index contributed by atoms with van der Waals surface area (Å²) in [6, 6.07) is 5.54. The van der Waals surface area contributed by atoms with Crippen molar-refractivity contribution < 1.29 is 0 Å². The molecule has 2 heterocycles. The van der Waals surface area contributed by atoms with Crippen molar-refractivity contribution in [2.24, 2.45) is 0 Å². The normalized spacial score (nSPS) is 11.3. The highest BCUT2D eigenvalue weighted by Crippen LogP contribution is 2.13. The molecule has 0 unspecified atom stereocenters. The summed E-state index contributed by atoms with van der Waals surface area (Å²) in [6.45, 7) is 4.02. The molecule has 0 fully saturated rings. The van der Waals surface area contributed by atoms with Gasteiger partial charge in [0, 0.05) is 18.3 Å². The predicted octanol–water partition coefficient (Wildman–Crippen LogP) is 1.91. The first-order valence-electron chi connectivity index (χ1n) is 4.39. The number of rotatable bonds is 1. The van der Waals surface area contributed by atoms with Crippen LogP contribution in [0, 0.1) is 0 Å². The maximum absolute atomic E-state index is 11.5. The Morgan fingerprint density at radius 1 is 1.31 bits per heavy atom. The van der Waals surface area contributed by atoms with E-state index in [1.807, 2.05) is 32.2 Å². The minimum absolute atomic E-state index is 0.0575. The van der Waals surface area contributed by atoms with Gasteiger partial charge in [-0.15, -0.1) is 0 Å². The summed E-state index contributed by atoms with van der Waals surface area (Å²) in [4.78, 5) is 14.6. The van der Waals surface area contributed by atoms with E-state index in [0.717, 1.165) is 11.0 Å². The third-order valence-electron chi connectivity index (χ3n) is 2.16. The lowest BCUT2D eigenvalue weighted by Gasteiger charge is -2.10. The van der Waals surface area contributed by atoms with Gasteiger partial charge in [-0.25, -0.2) is 0 Å². The molecule has 0 amide bonds. The van der Waals surface area contributed by atoms with Crippen LogP contribution in [-0.4, -0.2) is 9.55 Å². The van der Waals surface area contributed by atoms with E-state index in [1.54, 1.807) is 10.6 Å². The van der Waals surface area contributed by atoms with E-state index in [1.165, 1.54) is 0 Å². The average Bonchev–Trinajstić information content (AvgIpc) is 2.50. The molecule has 0 aliphatic carbocycles. The molecular weight excluding hydrogens is 164 g/mol. The van der Waals surface area contributed by atoms with Crippen LogP contribution in [0.3, 0.4) is 0 Å². The van der Waals surface area contributed by atoms with Gasteiger partial charge in [-0.3, -0.25) is 4.79 Å². The molecule has 3 heteroatoms. The van der Waals surface area contributed by atoms with Crippen molar-refractivity contribution in [3.63, 3.8) is 0 Å². The van der Waals surface area contributed by atoms with Crippen LogP contribution in [0.2, 0.25) is 0 Å². The van der Waals surface area contributed by atoms with Gasteiger partial charge in [0.2, 0.25) is 0 Å². The van der Waals surface area contributed by atoms with E-state index in [0.29, 0.717) is 0 Å². The molecule has 0 saturated heterocycles. The van der Waals surface area contributed by atoms with Crippen LogP contribution in [0.5, 0.6) is 0 Å². The molecule has 0 spiro atoms. The van der Waals surface area contributed by atoms with Crippen molar-refractivity contribution in [1.82, 2.24) is 9.55 Å². The summed E-state index contributed by atoms with van der Waals surface area (Å²) >= 11 is 0. The Morgan fingerprint density at radius 3 is 2.77 bits per heavy atom. The fraction of sp³-hybridized carbons (Fsp3) is 0.300. The van der Waals surface area contributed by atoms with Crippen molar-refractivity contribution in [1.29, 1.82) is 0 Å². The minimum atomic E-state index is 0.0575. The number of H-pyrrole nitrogens is 1. The molecule has 2 aromatic rings. The van der Waals surface area contributed by atoms with E-state index >= 15 is 0 Å². The second-order valence-electron chi connectivity index (χ2n) is 3.41. The molecule has 0 aliphatic heterocycles. The Hall–Kier alpha value is -1.51. The Bertz CT molecular complexity index is 479. The largest absolute Gasteiger partial charge is 0.360 e. The topological polar surface area (TPSA) is 37.8 Å². The van der Waals surface area contributed by atoms with Gasteiger partial charge in [-0.1, -0.05) is 0 Å². The molecule has 0 aromatic carbocycles. The van der Waals surface area contributed by atoms with Gasteiger partial charge in [0.15, 0.2) is 0 Å². The molecule has 0 atom stereocenters. The zero-order chi connectivity index (χ0) is 9.42. The number of fused-ring (bicyclic) bond motifs is 1. The molecule has 3 nitrogen and oxygen atoms in total. The van der Waals surface area contributed by atoms with Gasteiger partial charge in [0.1, 0.15) is 0 Å². The molecule has 0 aliphatic rings. The van der Waals surface area contributed by atoms with Gasteiger partial charge in [0.25, 0.3) is 5.56 Å². The smallest absolute Gasteiger partial charge is 0.251 e. The van der Waals surface area contributed by atoms with E-state index in [-0.39, 0.29) is 11.6 Å². The molecule has 2 rings (SSSR count). The SMILES string of the molecule is CC(C)n1c(=O)ccc2[nH]ccc21. The van der Waals surface area contributed by atoms with Gasteiger partial charge in [-0.05, 0) is 26.0 Å². The first kappa shape index (κ1) is 8.10. The maximum atomic E-state index is 11.5. The van der Waals surface area contributed by atoms with Crippen LogP contribution in [-0.2, 0) is 0 Å². The third-order valence-corrected chi connectivity index (χ3v) is 2.16. The van der Waals surface area contributed by atoms with Crippen LogP contribution in [0.1, 0.15) is 19.9 Å². The molecule has 68 valence electrons. The lowest BCUT2D eigenvalue weighted by atomic mass is 10.3. The summed E-state index contributed by atoms with van der Waals surface area (Å²) in [5, 5.41) is 0. The first-order valence-corrected chi connectivity index (χ1v) is 4.39. The number of pyridine rings is 1. The van der Waals surface area contributed by atoms with Crippen molar-refractivity contribution in [3.8, 4) is 0 Å². The van der Waals surface area contributed by atoms with E-state index in [9.17, 15) is 4.79 Å². The minimum Gasteiger partial charge on any atom is -0.360 e. The van der Waals surface area contributed by atoms with E-state index in [2.05, 4.69) is 4.98 Å². The Kier molecular flexibility index (Phi) is 1.72. The third kappa shape index (κ3) is 1.16. The summed E-state index contributed by atoms with van der Waals surface area (Å²) in [5.41, 5.74) is 2.04. The predicted molar refractivity (Wildman–Crippen MR) is 52.9 cm³/mol. The van der Waals surface area contributed by atoms with Crippen LogP contribution < -0.4 is 5.56 Å². The van der Waals surface area contributed by atoms with Crippen molar-refractivity contribution in [2.45, 2.75) is 19.9 Å². The molecule has 1 N–H and O–H groups in total. The number of hydrogen-bond donors (Lipinski definition) is 1. The summed E-state index contributed by atoms with van der Waals surface area (Å²) in [7, 11) is 0. The summed E-state index contributed by atoms with van der Waals surface area (Å²) < 4.78 is 1.78.